The van der Waals surface area contributed by atoms with Crippen molar-refractivity contribution in [3.63, 3.8) is 0 Å². The van der Waals surface area contributed by atoms with Gasteiger partial charge in [0.25, 0.3) is 13.4 Å². The largest absolute Gasteiger partial charge is 0.468 e. The first-order valence-electron chi connectivity index (χ1n) is 47.6. The Morgan fingerprint density at radius 3 is 1.13 bits per heavy atom. The Balaban J connectivity index is 0.684. The summed E-state index contributed by atoms with van der Waals surface area (Å²) in [6.45, 7) is 57.8. The van der Waals surface area contributed by atoms with Crippen molar-refractivity contribution < 1.29 is 8.83 Å². The van der Waals surface area contributed by atoms with Gasteiger partial charge in [0.2, 0.25) is 0 Å². The van der Waals surface area contributed by atoms with E-state index in [1.807, 2.05) is 0 Å². The third-order valence-corrected chi connectivity index (χ3v) is 32.9. The fourth-order valence-corrected chi connectivity index (χ4v) is 24.6. The molecule has 0 saturated carbocycles. The highest BCUT2D eigenvalue weighted by Crippen LogP contribution is 2.59. The van der Waals surface area contributed by atoms with Crippen LogP contribution in [0.1, 0.15) is 275 Å². The van der Waals surface area contributed by atoms with Crippen LogP contribution in [0.4, 0.5) is 68.2 Å². The van der Waals surface area contributed by atoms with Crippen molar-refractivity contribution >= 4 is 137 Å². The fraction of sp³-hybridized carbons (Fsp3) is 0.361. The average molecular weight is 1670 g/mol. The van der Waals surface area contributed by atoms with Crippen molar-refractivity contribution in [1.82, 2.24) is 0 Å². The average Bonchev–Trinajstić information content (AvgIpc) is 1.64. The zero-order chi connectivity index (χ0) is 88.8. The van der Waals surface area contributed by atoms with Gasteiger partial charge in [0.15, 0.2) is 0 Å². The molecular weight excluding hydrogens is 1540 g/mol. The Morgan fingerprint density at radius 1 is 0.299 bits per heavy atom. The molecule has 127 heavy (non-hydrogen) atoms. The summed E-state index contributed by atoms with van der Waals surface area (Å²) in [5.41, 5.74) is 47.0. The van der Waals surface area contributed by atoms with Crippen molar-refractivity contribution in [2.24, 2.45) is 0 Å². The van der Waals surface area contributed by atoms with Crippen LogP contribution in [0.25, 0.3) is 44.2 Å². The lowest BCUT2D eigenvalue weighted by atomic mass is 9.35. The Hall–Kier alpha value is -11.0. The van der Waals surface area contributed by atoms with Gasteiger partial charge in [-0.2, -0.15) is 0 Å². The van der Waals surface area contributed by atoms with Crippen LogP contribution in [0.3, 0.4) is 0 Å². The highest BCUT2D eigenvalue weighted by Gasteiger charge is 2.54. The number of hydrogen-bond donors (Lipinski definition) is 0. The van der Waals surface area contributed by atoms with Crippen LogP contribution in [0.15, 0.2) is 227 Å². The zero-order valence-electron chi connectivity index (χ0n) is 79.9. The maximum absolute atomic E-state index is 8.09. The highest BCUT2D eigenvalue weighted by atomic mass is 16.3. The van der Waals surface area contributed by atoms with Gasteiger partial charge in [0.1, 0.15) is 11.2 Å². The molecule has 0 spiro atoms. The van der Waals surface area contributed by atoms with E-state index >= 15 is 0 Å². The topological polar surface area (TPSA) is 39.2 Å². The summed E-state index contributed by atoms with van der Waals surface area (Å²) in [4.78, 5) is 10.5. The first-order chi connectivity index (χ1) is 60.0. The quantitative estimate of drug-likeness (QED) is 0.141. The van der Waals surface area contributed by atoms with E-state index in [1.54, 1.807) is 0 Å². The first-order valence-corrected chi connectivity index (χ1v) is 47.6. The molecule has 0 bridgehead atoms. The number of benzene rings is 12. The van der Waals surface area contributed by atoms with Crippen LogP contribution < -0.4 is 52.8 Å². The van der Waals surface area contributed by atoms with Gasteiger partial charge in [-0.1, -0.05) is 261 Å². The summed E-state index contributed by atoms with van der Waals surface area (Å²) >= 11 is 0. The number of fused-ring (bicyclic) bond motifs is 16. The van der Waals surface area contributed by atoms with Crippen LogP contribution in [0, 0.1) is 20.8 Å². The van der Waals surface area contributed by atoms with Crippen LogP contribution in [0.5, 0.6) is 0 Å². The van der Waals surface area contributed by atoms with Gasteiger partial charge in [-0.3, -0.25) is 0 Å². The van der Waals surface area contributed by atoms with Crippen LogP contribution in [-0.2, 0) is 60.6 Å². The number of anilines is 12. The molecule has 4 aliphatic carbocycles. The molecular formula is C119H126B2N4O2. The number of hydrogen-bond acceptors (Lipinski definition) is 6. The molecule has 22 rings (SSSR count). The fourth-order valence-electron chi connectivity index (χ4n) is 24.6. The molecule has 0 radical (unpaired) electrons. The molecule has 14 aromatic rings. The first kappa shape index (κ1) is 81.8. The smallest absolute Gasteiger partial charge is 0.297 e. The molecule has 0 N–H and O–H groups in total. The van der Waals surface area contributed by atoms with Crippen molar-refractivity contribution in [1.29, 1.82) is 0 Å². The van der Waals surface area contributed by atoms with E-state index in [4.69, 9.17) is 8.83 Å². The third kappa shape index (κ3) is 12.5. The van der Waals surface area contributed by atoms with E-state index in [0.29, 0.717) is 0 Å². The monoisotopic (exact) mass is 1670 g/mol. The Labute approximate surface area is 756 Å². The summed E-state index contributed by atoms with van der Waals surface area (Å²) in [5, 5.41) is 2.36. The van der Waals surface area contributed by atoms with E-state index in [1.165, 1.54) is 184 Å². The standard InChI is InChI=1S/C119H126B2N4O2/c1-70-55-98-104-100(57-70)124(106-83-61-85-91(117(20,21)52-47-112(85,10)11)67-102(83)126-108(106)120(104)93-63-87-89(115(16,17)50-48-113(87,12)13)65-96(93)122(98)80-43-39-78(40-44-80)110(4,5)6)82-32-28-31-76(59-82)75-37-34-73(35-38-75)69-119(24)54-53-118(22,23)86-62-84-103(68-92(86)119)127-109-107(84)125(95-60-77(36-33-72(95)3)74-29-26-25-27-30-74)101-58-71(2)56-99-105(101)121(109)94-64-88-90(116(18,19)51-49-114(88,14)15)66-97(94)123(99)81-45-41-79(42-46-81)111(7,8)9/h25-46,55-68H,47-54,69H2,1-24H3. The van der Waals surface area contributed by atoms with Crippen LogP contribution >= 0.6 is 0 Å². The third-order valence-electron chi connectivity index (χ3n) is 32.9. The van der Waals surface area contributed by atoms with Gasteiger partial charge in [-0.05, 0) is 358 Å². The maximum atomic E-state index is 8.09. The number of aryl methyl sites for hydroxylation is 3. The normalized spacial score (nSPS) is 19.5. The zero-order valence-corrected chi connectivity index (χ0v) is 79.9. The van der Waals surface area contributed by atoms with Gasteiger partial charge in [-0.15, -0.1) is 0 Å². The van der Waals surface area contributed by atoms with E-state index < -0.39 is 0 Å². The van der Waals surface area contributed by atoms with Gasteiger partial charge in [0.05, 0.1) is 22.7 Å². The number of nitrogens with zero attached hydrogens (tertiary/aromatic N) is 4. The molecule has 0 fully saturated rings. The van der Waals surface area contributed by atoms with Gasteiger partial charge in [0, 0.05) is 67.6 Å². The lowest BCUT2D eigenvalue weighted by Crippen LogP contribution is -2.61. The summed E-state index contributed by atoms with van der Waals surface area (Å²) in [5.74, 6) is 0. The SMILES string of the molecule is Cc1cc2c3c(c1)N(c1cccc(-c4ccc(CC5(C)CCC(C)(C)c6cc7c8c(oc7cc65)B5c6cc7c(cc6N(c6ccc(C(C)(C)C)cc6)c6cc(C)cc(c65)N8c5cc(-c6ccccc6)ccc5C)C(C)(C)CCC7(C)C)cc4)c1)c1c(oc4cc5c(cc14)C(C)(C)CCC5(C)C)B3c1cc3c(cc1N2c1ccc(C(C)(C)C)cc1)C(C)(C)CCC3(C)C. The minimum absolute atomic E-state index is 0.000133. The van der Waals surface area contributed by atoms with Gasteiger partial charge < -0.3 is 28.4 Å². The molecule has 0 amide bonds. The van der Waals surface area contributed by atoms with E-state index in [-0.39, 0.29) is 67.6 Å². The summed E-state index contributed by atoms with van der Waals surface area (Å²) in [6.07, 6.45) is 9.76. The molecule has 640 valence electrons. The second-order valence-electron chi connectivity index (χ2n) is 47.1. The lowest BCUT2D eigenvalue weighted by molar-refractivity contribution is 0.310. The Morgan fingerprint density at radius 2 is 0.669 bits per heavy atom. The minimum Gasteiger partial charge on any atom is -0.468 e. The van der Waals surface area contributed by atoms with Crippen molar-refractivity contribution in [3.05, 3.63) is 296 Å². The summed E-state index contributed by atoms with van der Waals surface area (Å²) in [6, 6.07) is 87.0. The lowest BCUT2D eigenvalue weighted by Gasteiger charge is -2.46. The highest BCUT2D eigenvalue weighted by molar-refractivity contribution is 7.00. The molecule has 6 nitrogen and oxygen atoms in total. The van der Waals surface area contributed by atoms with E-state index in [2.05, 4.69) is 404 Å². The molecule has 6 heterocycles. The minimum atomic E-state index is -0.217. The summed E-state index contributed by atoms with van der Waals surface area (Å²) in [7, 11) is 0. The Kier molecular flexibility index (Phi) is 17.6. The molecule has 0 saturated heterocycles. The molecule has 1 unspecified atom stereocenters. The molecule has 12 aromatic carbocycles. The number of furan rings is 2. The van der Waals surface area contributed by atoms with Gasteiger partial charge >= 0.3 is 0 Å². The van der Waals surface area contributed by atoms with Crippen molar-refractivity contribution in [2.45, 2.75) is 278 Å². The van der Waals surface area contributed by atoms with Crippen LogP contribution in [0.2, 0.25) is 0 Å². The number of rotatable bonds is 8. The second-order valence-corrected chi connectivity index (χ2v) is 47.1. The van der Waals surface area contributed by atoms with Crippen LogP contribution in [-0.4, -0.2) is 13.4 Å². The van der Waals surface area contributed by atoms with E-state index in [0.717, 1.165) is 97.3 Å². The van der Waals surface area contributed by atoms with E-state index in [9.17, 15) is 0 Å². The molecule has 2 aromatic heterocycles. The predicted molar refractivity (Wildman–Crippen MR) is 542 cm³/mol. The van der Waals surface area contributed by atoms with Crippen molar-refractivity contribution in [3.8, 4) is 22.3 Å². The molecule has 4 aliphatic heterocycles. The molecule has 8 heteroatoms. The maximum Gasteiger partial charge on any atom is 0.297 e. The van der Waals surface area contributed by atoms with Crippen molar-refractivity contribution in [2.75, 3.05) is 19.6 Å². The Bertz CT molecular complexity index is 6980. The predicted octanol–water partition coefficient (Wildman–Crippen LogP) is 28.8. The summed E-state index contributed by atoms with van der Waals surface area (Å²) < 4.78 is 16.0. The molecule has 1 atom stereocenters. The molecule has 8 aliphatic rings. The second kappa shape index (κ2) is 27.3. The van der Waals surface area contributed by atoms with Gasteiger partial charge in [-0.25, -0.2) is 0 Å².